The highest BCUT2D eigenvalue weighted by Gasteiger charge is 2.25. The normalized spacial score (nSPS) is 14.8. The number of ether oxygens (including phenoxy) is 2. The van der Waals surface area contributed by atoms with Gasteiger partial charge in [-0.3, -0.25) is 18.6 Å². The predicted molar refractivity (Wildman–Crippen MR) is 225 cm³/mol. The molecule has 0 bridgehead atoms. The third kappa shape index (κ3) is 37.9. The first-order valence-corrected chi connectivity index (χ1v) is 21.0. The first-order valence-electron chi connectivity index (χ1n) is 19.5. The van der Waals surface area contributed by atoms with Crippen LogP contribution < -0.4 is 0 Å². The zero-order valence-electron chi connectivity index (χ0n) is 33.1. The van der Waals surface area contributed by atoms with Crippen LogP contribution in [0.2, 0.25) is 0 Å². The van der Waals surface area contributed by atoms with Gasteiger partial charge in [-0.2, -0.15) is 0 Å². The summed E-state index contributed by atoms with van der Waals surface area (Å²) >= 11 is 0. The highest BCUT2D eigenvalue weighted by Crippen LogP contribution is 2.43. The van der Waals surface area contributed by atoms with Crippen LogP contribution in [-0.4, -0.2) is 42.8 Å². The Hall–Kier alpha value is -3.81. The summed E-state index contributed by atoms with van der Waals surface area (Å²) in [6.07, 6.45) is 55.5. The summed E-state index contributed by atoms with van der Waals surface area (Å²) < 4.78 is 32.3. The molecule has 0 spiro atoms. The Morgan fingerprint density at radius 2 is 0.870 bits per heavy atom. The molecule has 0 saturated heterocycles. The summed E-state index contributed by atoms with van der Waals surface area (Å²) in [6.45, 7) is 4.99. The minimum atomic E-state index is -4.33. The van der Waals surface area contributed by atoms with Gasteiger partial charge in [0, 0.05) is 6.42 Å². The molecule has 2 unspecified atom stereocenters. The highest BCUT2D eigenvalue weighted by molar-refractivity contribution is 7.47. The molecule has 0 saturated carbocycles. The van der Waals surface area contributed by atoms with E-state index in [-0.39, 0.29) is 26.1 Å². The van der Waals surface area contributed by atoms with Crippen LogP contribution in [0.5, 0.6) is 0 Å². The molecule has 0 aromatic carbocycles. The van der Waals surface area contributed by atoms with E-state index in [0.29, 0.717) is 12.8 Å². The smallest absolute Gasteiger partial charge is 0.461 e. The molecule has 0 aliphatic rings. The van der Waals surface area contributed by atoms with E-state index in [4.69, 9.17) is 18.5 Å². The van der Waals surface area contributed by atoms with Crippen molar-refractivity contribution in [2.45, 2.75) is 117 Å². The van der Waals surface area contributed by atoms with Crippen LogP contribution in [0.15, 0.2) is 134 Å². The lowest BCUT2D eigenvalue weighted by atomic mass is 10.2. The Morgan fingerprint density at radius 3 is 1.26 bits per heavy atom. The molecule has 0 radical (unpaired) electrons. The van der Waals surface area contributed by atoms with E-state index in [9.17, 15) is 19.0 Å². The maximum absolute atomic E-state index is 12.5. The Balaban J connectivity index is 4.44. The zero-order chi connectivity index (χ0) is 39.6. The summed E-state index contributed by atoms with van der Waals surface area (Å²) in [7, 11) is -4.33. The molecule has 54 heavy (non-hydrogen) atoms. The van der Waals surface area contributed by atoms with E-state index in [2.05, 4.69) is 117 Å². The lowest BCUT2D eigenvalue weighted by Crippen LogP contribution is -2.29. The number of carbonyl (C=O) groups excluding carboxylic acids is 2. The molecule has 0 rings (SSSR count). The second-order valence-corrected chi connectivity index (χ2v) is 13.3. The zero-order valence-corrected chi connectivity index (χ0v) is 33.9. The molecule has 0 aliphatic heterocycles. The van der Waals surface area contributed by atoms with Gasteiger partial charge in [-0.05, 0) is 84.0 Å². The number of phosphoric acid groups is 1. The minimum Gasteiger partial charge on any atom is -0.461 e. The summed E-state index contributed by atoms with van der Waals surface area (Å²) in [5.41, 5.74) is 0. The number of allylic oxidation sites excluding steroid dienone is 21. The first-order chi connectivity index (χ1) is 26.3. The third-order valence-electron chi connectivity index (χ3n) is 7.00. The number of rotatable bonds is 33. The molecule has 0 fully saturated rings. The topological polar surface area (TPSA) is 108 Å². The Labute approximate surface area is 326 Å². The van der Waals surface area contributed by atoms with Gasteiger partial charge in [0.05, 0.1) is 19.6 Å². The summed E-state index contributed by atoms with van der Waals surface area (Å²) in [6, 6.07) is 0. The molecule has 300 valence electrons. The standard InChI is InChI=1S/C45H67O8P/c1-4-7-9-11-13-15-17-19-21-22-23-24-26-28-30-32-34-36-38-40-45(47)53-43(42-52-54(48,49)51-6-3)41-50-44(46)39-37-35-33-31-29-27-25-20-18-16-14-12-10-8-5-2/h7-10,13-16,19-21,23-25,28-31,34-37,43H,4-6,11-12,17-18,22,26-27,32-33,38-42H2,1-3H3,(H,48,49)/b9-7-,10-8-,15-13-,16-14-,21-19-,24-23-,25-20-,30-28-,31-29-,36-34-,37-35-. The average Bonchev–Trinajstić information content (AvgIpc) is 3.15. The number of hydrogen-bond donors (Lipinski definition) is 1. The van der Waals surface area contributed by atoms with Crippen LogP contribution in [0.4, 0.5) is 0 Å². The van der Waals surface area contributed by atoms with Crippen LogP contribution in [0.3, 0.4) is 0 Å². The van der Waals surface area contributed by atoms with E-state index in [1.54, 1.807) is 13.0 Å². The number of carbonyl (C=O) groups is 2. The van der Waals surface area contributed by atoms with E-state index in [1.165, 1.54) is 0 Å². The van der Waals surface area contributed by atoms with E-state index >= 15 is 0 Å². The van der Waals surface area contributed by atoms with Crippen molar-refractivity contribution >= 4 is 19.8 Å². The predicted octanol–water partition coefficient (Wildman–Crippen LogP) is 12.2. The maximum Gasteiger partial charge on any atom is 0.472 e. The van der Waals surface area contributed by atoms with Crippen molar-refractivity contribution < 1.29 is 37.6 Å². The molecule has 0 aromatic rings. The minimum absolute atomic E-state index is 0.0353. The Morgan fingerprint density at radius 1 is 0.500 bits per heavy atom. The van der Waals surface area contributed by atoms with Gasteiger partial charge in [-0.1, -0.05) is 148 Å². The maximum atomic E-state index is 12.5. The average molecular weight is 767 g/mol. The summed E-state index contributed by atoms with van der Waals surface area (Å²) in [4.78, 5) is 34.5. The summed E-state index contributed by atoms with van der Waals surface area (Å²) in [5, 5.41) is 0. The fourth-order valence-electron chi connectivity index (χ4n) is 4.25. The van der Waals surface area contributed by atoms with Gasteiger partial charge in [0.25, 0.3) is 0 Å². The van der Waals surface area contributed by atoms with Crippen molar-refractivity contribution in [1.82, 2.24) is 0 Å². The monoisotopic (exact) mass is 766 g/mol. The second kappa shape index (κ2) is 38.9. The van der Waals surface area contributed by atoms with Gasteiger partial charge >= 0.3 is 19.8 Å². The molecule has 8 nitrogen and oxygen atoms in total. The van der Waals surface area contributed by atoms with Gasteiger partial charge < -0.3 is 14.4 Å². The van der Waals surface area contributed by atoms with Gasteiger partial charge in [-0.25, -0.2) is 4.57 Å². The fraction of sp³-hybridized carbons (Fsp3) is 0.467. The quantitative estimate of drug-likeness (QED) is 0.0399. The first kappa shape index (κ1) is 50.2. The van der Waals surface area contributed by atoms with Gasteiger partial charge in [-0.15, -0.1) is 0 Å². The lowest BCUT2D eigenvalue weighted by Gasteiger charge is -2.19. The molecule has 9 heteroatoms. The van der Waals surface area contributed by atoms with Gasteiger partial charge in [0.15, 0.2) is 6.10 Å². The van der Waals surface area contributed by atoms with Crippen LogP contribution in [-0.2, 0) is 32.7 Å². The van der Waals surface area contributed by atoms with Crippen LogP contribution in [0.25, 0.3) is 0 Å². The van der Waals surface area contributed by atoms with Crippen molar-refractivity contribution in [3.63, 3.8) is 0 Å². The van der Waals surface area contributed by atoms with Crippen molar-refractivity contribution in [3.8, 4) is 0 Å². The molecular weight excluding hydrogens is 699 g/mol. The SMILES string of the molecule is CC/C=C\C/C=C\C/C=C\C/C=C\C/C=C\C/C=C\CCC(=O)OC(COC(=O)C/C=C\C/C=C\C/C=C\C/C=C\C/C=C\CC)COP(=O)(O)OCC. The number of esters is 2. The molecule has 0 heterocycles. The second-order valence-electron chi connectivity index (χ2n) is 11.8. The molecule has 2 atom stereocenters. The molecule has 0 aliphatic carbocycles. The van der Waals surface area contributed by atoms with E-state index < -0.39 is 32.5 Å². The van der Waals surface area contributed by atoms with Crippen molar-refractivity contribution in [2.24, 2.45) is 0 Å². The molecule has 0 amide bonds. The largest absolute Gasteiger partial charge is 0.472 e. The van der Waals surface area contributed by atoms with Crippen molar-refractivity contribution in [3.05, 3.63) is 134 Å². The van der Waals surface area contributed by atoms with Crippen LogP contribution >= 0.6 is 7.82 Å². The number of phosphoric ester groups is 1. The Bertz CT molecular complexity index is 1330. The molecule has 0 aromatic heterocycles. The summed E-state index contributed by atoms with van der Waals surface area (Å²) in [5.74, 6) is -1.06. The Kier molecular flexibility index (Phi) is 36.2. The third-order valence-corrected chi connectivity index (χ3v) is 8.06. The van der Waals surface area contributed by atoms with Crippen molar-refractivity contribution in [1.29, 1.82) is 0 Å². The van der Waals surface area contributed by atoms with Gasteiger partial charge in [0.2, 0.25) is 0 Å². The molecule has 1 N–H and O–H groups in total. The lowest BCUT2D eigenvalue weighted by molar-refractivity contribution is -0.160. The van der Waals surface area contributed by atoms with E-state index in [1.807, 2.05) is 24.3 Å². The van der Waals surface area contributed by atoms with Crippen LogP contribution in [0.1, 0.15) is 111 Å². The van der Waals surface area contributed by atoms with Gasteiger partial charge in [0.1, 0.15) is 6.61 Å². The van der Waals surface area contributed by atoms with Crippen molar-refractivity contribution in [2.75, 3.05) is 19.8 Å². The highest BCUT2D eigenvalue weighted by atomic mass is 31.2. The number of hydrogen-bond acceptors (Lipinski definition) is 7. The van der Waals surface area contributed by atoms with Crippen LogP contribution in [0, 0.1) is 0 Å². The van der Waals surface area contributed by atoms with E-state index in [0.717, 1.165) is 64.2 Å². The molecular formula is C45H67O8P. The fourth-order valence-corrected chi connectivity index (χ4v) is 5.01.